The minimum Gasteiger partial charge on any atom is -0.0842 e. The van der Waals surface area contributed by atoms with Crippen LogP contribution in [0, 0.1) is 57.7 Å². The molecule has 0 N–H and O–H groups in total. The summed E-state index contributed by atoms with van der Waals surface area (Å²) in [6.07, 6.45) is 20.6. The zero-order valence-corrected chi connectivity index (χ0v) is 18.8. The van der Waals surface area contributed by atoms with Gasteiger partial charge in [0, 0.05) is 0 Å². The second-order valence-electron chi connectivity index (χ2n) is 12.6. The van der Waals surface area contributed by atoms with Crippen LogP contribution >= 0.6 is 0 Å². The molecule has 5 aliphatic carbocycles. The summed E-state index contributed by atoms with van der Waals surface area (Å²) in [5.41, 5.74) is 1.94. The van der Waals surface area contributed by atoms with Gasteiger partial charge in [-0.3, -0.25) is 0 Å². The number of allylic oxidation sites excluding steroid dienone is 2. The van der Waals surface area contributed by atoms with E-state index in [9.17, 15) is 0 Å². The maximum absolute atomic E-state index is 2.78. The van der Waals surface area contributed by atoms with E-state index in [4.69, 9.17) is 0 Å². The Labute approximate surface area is 169 Å². The van der Waals surface area contributed by atoms with Gasteiger partial charge in [-0.25, -0.2) is 0 Å². The van der Waals surface area contributed by atoms with Gasteiger partial charge in [0.05, 0.1) is 0 Å². The lowest BCUT2D eigenvalue weighted by Gasteiger charge is -2.57. The number of hydrogen-bond acceptors (Lipinski definition) is 0. The molecule has 0 amide bonds. The first-order chi connectivity index (χ1) is 12.8. The molecule has 0 aromatic heterocycles. The van der Waals surface area contributed by atoms with Crippen molar-refractivity contribution in [1.82, 2.24) is 0 Å². The van der Waals surface area contributed by atoms with Crippen molar-refractivity contribution in [2.45, 2.75) is 98.8 Å². The summed E-state index contributed by atoms with van der Waals surface area (Å²) < 4.78 is 0. The van der Waals surface area contributed by atoms with E-state index in [0.717, 1.165) is 41.4 Å². The number of hydrogen-bond donors (Lipinski definition) is 0. The van der Waals surface area contributed by atoms with Crippen molar-refractivity contribution in [3.8, 4) is 0 Å². The molecule has 0 saturated heterocycles. The van der Waals surface area contributed by atoms with Crippen molar-refractivity contribution >= 4 is 0 Å². The van der Waals surface area contributed by atoms with Crippen LogP contribution in [0.4, 0.5) is 0 Å². The Kier molecular flexibility index (Phi) is 4.25. The van der Waals surface area contributed by atoms with Gasteiger partial charge in [0.2, 0.25) is 0 Å². The number of fused-ring (bicyclic) bond motifs is 4. The molecule has 1 spiro atoms. The molecule has 0 radical (unpaired) electrons. The Morgan fingerprint density at radius 1 is 0.926 bits per heavy atom. The highest BCUT2D eigenvalue weighted by Crippen LogP contribution is 2.80. The molecule has 0 aromatic rings. The van der Waals surface area contributed by atoms with Crippen molar-refractivity contribution in [1.29, 1.82) is 0 Å². The summed E-state index contributed by atoms with van der Waals surface area (Å²) in [5, 5.41) is 0. The molecule has 27 heavy (non-hydrogen) atoms. The predicted octanol–water partition coefficient (Wildman–Crippen LogP) is 7.88. The van der Waals surface area contributed by atoms with Gasteiger partial charge in [-0.1, -0.05) is 66.0 Å². The SMILES string of the molecule is CC(C)CCCC(C)C1CCC2C3C=CC45CC4CCC5(C)C3CCC12C. The van der Waals surface area contributed by atoms with Crippen molar-refractivity contribution in [2.75, 3.05) is 0 Å². The van der Waals surface area contributed by atoms with Gasteiger partial charge in [-0.15, -0.1) is 0 Å². The van der Waals surface area contributed by atoms with E-state index in [1.54, 1.807) is 0 Å². The smallest absolute Gasteiger partial charge is 0.00300 e. The van der Waals surface area contributed by atoms with Crippen LogP contribution in [-0.4, -0.2) is 0 Å². The topological polar surface area (TPSA) is 0 Å². The van der Waals surface area contributed by atoms with Gasteiger partial charge in [-0.2, -0.15) is 0 Å². The van der Waals surface area contributed by atoms with Crippen molar-refractivity contribution in [3.63, 3.8) is 0 Å². The second kappa shape index (κ2) is 6.12. The average Bonchev–Trinajstić information content (AvgIpc) is 3.09. The van der Waals surface area contributed by atoms with Gasteiger partial charge in [0.25, 0.3) is 0 Å². The van der Waals surface area contributed by atoms with Crippen LogP contribution in [0.25, 0.3) is 0 Å². The normalized spacial score (nSPS) is 53.6. The van der Waals surface area contributed by atoms with Crippen LogP contribution < -0.4 is 0 Å². The Hall–Kier alpha value is -0.260. The fourth-order valence-electron chi connectivity index (χ4n) is 9.55. The summed E-state index contributed by atoms with van der Waals surface area (Å²) in [6.45, 7) is 12.8. The molecule has 0 nitrogen and oxygen atoms in total. The molecule has 9 atom stereocenters. The highest BCUT2D eigenvalue weighted by molar-refractivity contribution is 5.32. The van der Waals surface area contributed by atoms with Crippen molar-refractivity contribution in [2.24, 2.45) is 57.7 Å². The molecule has 0 heterocycles. The van der Waals surface area contributed by atoms with E-state index in [1.165, 1.54) is 64.2 Å². The van der Waals surface area contributed by atoms with E-state index >= 15 is 0 Å². The molecular weight excluding hydrogens is 324 g/mol. The van der Waals surface area contributed by atoms with E-state index in [2.05, 4.69) is 46.8 Å². The highest BCUT2D eigenvalue weighted by atomic mass is 14.8. The van der Waals surface area contributed by atoms with Gasteiger partial charge in [0.15, 0.2) is 0 Å². The zero-order chi connectivity index (χ0) is 19.0. The molecule has 152 valence electrons. The molecule has 5 aliphatic rings. The standard InChI is InChI=1S/C27H44/c1-18(2)7-6-8-19(3)22-9-10-23-21-12-16-27-17-20(27)11-15-26(27,5)24(21)13-14-25(22,23)4/h12,16,18-24H,6-11,13-15,17H2,1-5H3. The third kappa shape index (κ3) is 2.46. The van der Waals surface area contributed by atoms with Gasteiger partial charge in [0.1, 0.15) is 0 Å². The van der Waals surface area contributed by atoms with Crippen LogP contribution in [-0.2, 0) is 0 Å². The summed E-state index contributed by atoms with van der Waals surface area (Å²) in [4.78, 5) is 0. The average molecular weight is 369 g/mol. The lowest BCUT2D eigenvalue weighted by Crippen LogP contribution is -2.50. The predicted molar refractivity (Wildman–Crippen MR) is 115 cm³/mol. The molecule has 9 unspecified atom stereocenters. The molecule has 0 aliphatic heterocycles. The lowest BCUT2D eigenvalue weighted by molar-refractivity contribution is -0.0533. The molecule has 0 heteroatoms. The molecule has 4 saturated carbocycles. The summed E-state index contributed by atoms with van der Waals surface area (Å²) in [6, 6.07) is 0. The third-order valence-electron chi connectivity index (χ3n) is 11.2. The minimum atomic E-state index is 0.630. The van der Waals surface area contributed by atoms with Crippen LogP contribution in [0.1, 0.15) is 98.8 Å². The Bertz CT molecular complexity index is 616. The van der Waals surface area contributed by atoms with Gasteiger partial charge >= 0.3 is 0 Å². The van der Waals surface area contributed by atoms with Gasteiger partial charge in [-0.05, 0) is 103 Å². The van der Waals surface area contributed by atoms with E-state index in [1.807, 2.05) is 0 Å². The maximum atomic E-state index is 2.78. The quantitative estimate of drug-likeness (QED) is 0.433. The fourth-order valence-corrected chi connectivity index (χ4v) is 9.55. The van der Waals surface area contributed by atoms with Crippen molar-refractivity contribution < 1.29 is 0 Å². The van der Waals surface area contributed by atoms with Crippen LogP contribution in [0.2, 0.25) is 0 Å². The Morgan fingerprint density at radius 3 is 2.48 bits per heavy atom. The monoisotopic (exact) mass is 368 g/mol. The Balaban J connectivity index is 1.34. The van der Waals surface area contributed by atoms with Crippen LogP contribution in [0.15, 0.2) is 12.2 Å². The first kappa shape index (κ1) is 18.7. The molecule has 5 rings (SSSR count). The zero-order valence-electron chi connectivity index (χ0n) is 18.8. The van der Waals surface area contributed by atoms with Crippen LogP contribution in [0.3, 0.4) is 0 Å². The molecule has 4 fully saturated rings. The summed E-state index contributed by atoms with van der Waals surface area (Å²) in [5.74, 6) is 6.75. The molecule has 0 bridgehead atoms. The minimum absolute atomic E-state index is 0.630. The highest BCUT2D eigenvalue weighted by Gasteiger charge is 2.72. The van der Waals surface area contributed by atoms with E-state index in [-0.39, 0.29) is 0 Å². The molecule has 0 aromatic carbocycles. The summed E-state index contributed by atoms with van der Waals surface area (Å²) in [7, 11) is 0. The van der Waals surface area contributed by atoms with Crippen LogP contribution in [0.5, 0.6) is 0 Å². The first-order valence-corrected chi connectivity index (χ1v) is 12.5. The van der Waals surface area contributed by atoms with Crippen molar-refractivity contribution in [3.05, 3.63) is 12.2 Å². The van der Waals surface area contributed by atoms with E-state index < -0.39 is 0 Å². The molecular formula is C27H44. The third-order valence-corrected chi connectivity index (χ3v) is 11.2. The van der Waals surface area contributed by atoms with Gasteiger partial charge < -0.3 is 0 Å². The van der Waals surface area contributed by atoms with E-state index in [0.29, 0.717) is 16.2 Å². The summed E-state index contributed by atoms with van der Waals surface area (Å²) >= 11 is 0. The maximum Gasteiger partial charge on any atom is -0.00300 e. The fraction of sp³-hybridized carbons (Fsp3) is 0.926. The Morgan fingerprint density at radius 2 is 1.74 bits per heavy atom. The lowest BCUT2D eigenvalue weighted by atomic mass is 9.47. The second-order valence-corrected chi connectivity index (χ2v) is 12.6. The first-order valence-electron chi connectivity index (χ1n) is 12.5. The largest absolute Gasteiger partial charge is 0.0842 e. The number of rotatable bonds is 5.